The first kappa shape index (κ1) is 22.1. The summed E-state index contributed by atoms with van der Waals surface area (Å²) in [5.74, 6) is -1.65. The smallest absolute Gasteiger partial charge is 0.335 e. The first-order valence-electron chi connectivity index (χ1n) is 10.3. The molecule has 168 valence electrons. The van der Waals surface area contributed by atoms with Gasteiger partial charge in [-0.15, -0.1) is 0 Å². The first-order valence-corrected chi connectivity index (χ1v) is 11.6. The number of aromatic nitrogens is 1. The molecule has 0 saturated carbocycles. The third-order valence-corrected chi connectivity index (χ3v) is 6.82. The van der Waals surface area contributed by atoms with E-state index in [0.717, 1.165) is 22.0 Å². The van der Waals surface area contributed by atoms with Gasteiger partial charge in [0.2, 0.25) is 0 Å². The number of nitrogens with zero attached hydrogens (tertiary/aromatic N) is 2. The van der Waals surface area contributed by atoms with Crippen LogP contribution in [0.1, 0.15) is 21.5 Å². The molecule has 1 aliphatic rings. The summed E-state index contributed by atoms with van der Waals surface area (Å²) in [6.07, 6.45) is 3.77. The molecular weight excluding hydrogens is 471 g/mol. The standard InChI is InChI=1S/C26H17FN2O3S2/c27-19-10-8-16(9-11-19)14-28-15-18(21-6-1-2-7-22(21)28)13-23-24(30)29(26(33)34-23)20-5-3-4-17(12-20)25(31)32/h1-13,15H,14H2,(H,31,32)/b23-13+. The highest BCUT2D eigenvalue weighted by Gasteiger charge is 2.33. The molecule has 8 heteroatoms. The Labute approximate surface area is 204 Å². The van der Waals surface area contributed by atoms with E-state index in [1.165, 1.54) is 40.9 Å². The number of hydrogen-bond donors (Lipinski definition) is 1. The number of halogens is 1. The summed E-state index contributed by atoms with van der Waals surface area (Å²) in [4.78, 5) is 26.4. The molecule has 5 rings (SSSR count). The number of carbonyl (C=O) groups is 2. The van der Waals surface area contributed by atoms with Crippen molar-refractivity contribution in [3.63, 3.8) is 0 Å². The molecule has 0 radical (unpaired) electrons. The van der Waals surface area contributed by atoms with Crippen LogP contribution in [0.4, 0.5) is 10.1 Å². The molecular formula is C26H17FN2O3S2. The Kier molecular flexibility index (Phi) is 5.77. The van der Waals surface area contributed by atoms with Gasteiger partial charge >= 0.3 is 5.97 Å². The molecule has 5 nitrogen and oxygen atoms in total. The van der Waals surface area contributed by atoms with Crippen LogP contribution in [0.25, 0.3) is 17.0 Å². The maximum atomic E-state index is 13.3. The lowest BCUT2D eigenvalue weighted by Crippen LogP contribution is -2.27. The fourth-order valence-corrected chi connectivity index (χ4v) is 5.21. The van der Waals surface area contributed by atoms with Gasteiger partial charge in [0.15, 0.2) is 4.32 Å². The van der Waals surface area contributed by atoms with E-state index in [1.54, 1.807) is 24.3 Å². The minimum Gasteiger partial charge on any atom is -0.478 e. The first-order chi connectivity index (χ1) is 16.4. The zero-order valence-electron chi connectivity index (χ0n) is 17.6. The van der Waals surface area contributed by atoms with Gasteiger partial charge in [0.1, 0.15) is 5.82 Å². The molecule has 34 heavy (non-hydrogen) atoms. The Bertz CT molecular complexity index is 1490. The molecule has 1 aromatic heterocycles. The van der Waals surface area contributed by atoms with Crippen LogP contribution < -0.4 is 4.90 Å². The van der Waals surface area contributed by atoms with Gasteiger partial charge in [0.05, 0.1) is 16.2 Å². The molecule has 1 aliphatic heterocycles. The van der Waals surface area contributed by atoms with E-state index in [1.807, 2.05) is 36.5 Å². The number of para-hydroxylation sites is 1. The van der Waals surface area contributed by atoms with Crippen LogP contribution in [-0.2, 0) is 11.3 Å². The number of thiocarbonyl (C=S) groups is 1. The van der Waals surface area contributed by atoms with Crippen LogP contribution in [0.15, 0.2) is 83.9 Å². The highest BCUT2D eigenvalue weighted by molar-refractivity contribution is 8.27. The van der Waals surface area contributed by atoms with Crippen molar-refractivity contribution in [3.05, 3.63) is 106 Å². The van der Waals surface area contributed by atoms with Crippen LogP contribution in [0.3, 0.4) is 0 Å². The van der Waals surface area contributed by atoms with Crippen molar-refractivity contribution in [2.45, 2.75) is 6.54 Å². The number of carbonyl (C=O) groups excluding carboxylic acids is 1. The van der Waals surface area contributed by atoms with E-state index in [4.69, 9.17) is 12.2 Å². The number of rotatable bonds is 5. The summed E-state index contributed by atoms with van der Waals surface area (Å²) < 4.78 is 15.7. The third kappa shape index (κ3) is 4.13. The quantitative estimate of drug-likeness (QED) is 0.279. The molecule has 4 aromatic rings. The fraction of sp³-hybridized carbons (Fsp3) is 0.0385. The van der Waals surface area contributed by atoms with Crippen LogP contribution in [0.2, 0.25) is 0 Å². The van der Waals surface area contributed by atoms with Crippen molar-refractivity contribution in [1.29, 1.82) is 0 Å². The van der Waals surface area contributed by atoms with Gasteiger partial charge in [-0.25, -0.2) is 9.18 Å². The normalized spacial score (nSPS) is 15.0. The van der Waals surface area contributed by atoms with E-state index in [0.29, 0.717) is 21.5 Å². The van der Waals surface area contributed by atoms with Crippen LogP contribution in [-0.4, -0.2) is 25.9 Å². The van der Waals surface area contributed by atoms with E-state index in [-0.39, 0.29) is 17.3 Å². The van der Waals surface area contributed by atoms with Crippen molar-refractivity contribution in [2.24, 2.45) is 0 Å². The molecule has 0 unspecified atom stereocenters. The van der Waals surface area contributed by atoms with Crippen LogP contribution in [0.5, 0.6) is 0 Å². The van der Waals surface area contributed by atoms with Gasteiger partial charge in [-0.3, -0.25) is 9.69 Å². The Morgan fingerprint density at radius 1 is 1.06 bits per heavy atom. The Balaban J connectivity index is 1.50. The fourth-order valence-electron chi connectivity index (χ4n) is 3.92. The van der Waals surface area contributed by atoms with Crippen molar-refractivity contribution >= 4 is 62.8 Å². The molecule has 1 saturated heterocycles. The summed E-state index contributed by atoms with van der Waals surface area (Å²) in [5, 5.41) is 10.3. The lowest BCUT2D eigenvalue weighted by Gasteiger charge is -2.14. The van der Waals surface area contributed by atoms with Crippen molar-refractivity contribution in [1.82, 2.24) is 4.57 Å². The van der Waals surface area contributed by atoms with Crippen LogP contribution >= 0.6 is 24.0 Å². The monoisotopic (exact) mass is 488 g/mol. The Hall–Kier alpha value is -3.75. The Morgan fingerprint density at radius 2 is 1.82 bits per heavy atom. The molecule has 1 amide bonds. The number of aromatic carboxylic acids is 1. The molecule has 0 atom stereocenters. The minimum absolute atomic E-state index is 0.0828. The second-order valence-electron chi connectivity index (χ2n) is 7.73. The number of carboxylic acids is 1. The topological polar surface area (TPSA) is 62.5 Å². The predicted octanol–water partition coefficient (Wildman–Crippen LogP) is 5.93. The van der Waals surface area contributed by atoms with Gasteiger partial charge < -0.3 is 9.67 Å². The van der Waals surface area contributed by atoms with E-state index in [2.05, 4.69) is 4.57 Å². The molecule has 1 N–H and O–H groups in total. The average molecular weight is 489 g/mol. The van der Waals surface area contributed by atoms with E-state index < -0.39 is 5.97 Å². The summed E-state index contributed by atoms with van der Waals surface area (Å²) >= 11 is 6.62. The van der Waals surface area contributed by atoms with E-state index in [9.17, 15) is 19.1 Å². The number of fused-ring (bicyclic) bond motifs is 1. The second-order valence-corrected chi connectivity index (χ2v) is 9.40. The molecule has 1 fully saturated rings. The summed E-state index contributed by atoms with van der Waals surface area (Å²) in [6.45, 7) is 0.553. The second kappa shape index (κ2) is 8.89. The molecule has 3 aromatic carbocycles. The minimum atomic E-state index is -1.07. The van der Waals surface area contributed by atoms with Gasteiger partial charge in [-0.2, -0.15) is 0 Å². The largest absolute Gasteiger partial charge is 0.478 e. The average Bonchev–Trinajstić information content (AvgIpc) is 3.31. The SMILES string of the molecule is O=C(O)c1cccc(N2C(=O)/C(=C\c3cn(Cc4ccc(F)cc4)c4ccccc34)SC2=S)c1. The molecule has 0 bridgehead atoms. The number of anilines is 1. The van der Waals surface area contributed by atoms with E-state index >= 15 is 0 Å². The number of hydrogen-bond acceptors (Lipinski definition) is 4. The predicted molar refractivity (Wildman–Crippen MR) is 136 cm³/mol. The summed E-state index contributed by atoms with van der Waals surface area (Å²) in [6, 6.07) is 20.4. The van der Waals surface area contributed by atoms with Gasteiger partial charge in [0.25, 0.3) is 5.91 Å². The number of carboxylic acid groups (broad SMARTS) is 1. The molecule has 0 aliphatic carbocycles. The molecule has 2 heterocycles. The highest BCUT2D eigenvalue weighted by Crippen LogP contribution is 2.37. The summed E-state index contributed by atoms with van der Waals surface area (Å²) in [5.41, 5.74) is 3.31. The van der Waals surface area contributed by atoms with Crippen LogP contribution in [0, 0.1) is 5.82 Å². The van der Waals surface area contributed by atoms with Crippen molar-refractivity contribution < 1.29 is 19.1 Å². The number of benzene rings is 3. The number of amides is 1. The molecule has 0 spiro atoms. The maximum absolute atomic E-state index is 13.3. The Morgan fingerprint density at radius 3 is 2.59 bits per heavy atom. The van der Waals surface area contributed by atoms with Crippen molar-refractivity contribution in [3.8, 4) is 0 Å². The van der Waals surface area contributed by atoms with Gasteiger partial charge in [0, 0.05) is 29.2 Å². The lowest BCUT2D eigenvalue weighted by atomic mass is 10.1. The summed E-state index contributed by atoms with van der Waals surface area (Å²) in [7, 11) is 0. The number of thioether (sulfide) groups is 1. The highest BCUT2D eigenvalue weighted by atomic mass is 32.2. The van der Waals surface area contributed by atoms with Gasteiger partial charge in [-0.1, -0.05) is 60.4 Å². The maximum Gasteiger partial charge on any atom is 0.335 e. The zero-order chi connectivity index (χ0) is 23.8. The van der Waals surface area contributed by atoms with Gasteiger partial charge in [-0.05, 0) is 48.0 Å². The zero-order valence-corrected chi connectivity index (χ0v) is 19.3. The lowest BCUT2D eigenvalue weighted by molar-refractivity contribution is -0.113. The van der Waals surface area contributed by atoms with Crippen molar-refractivity contribution in [2.75, 3.05) is 4.90 Å². The third-order valence-electron chi connectivity index (χ3n) is 5.52.